The van der Waals surface area contributed by atoms with Crippen LogP contribution in [0.25, 0.3) is 32.3 Å². The number of fused-ring (bicyclic) bond motifs is 3. The van der Waals surface area contributed by atoms with Gasteiger partial charge >= 0.3 is 48.6 Å². The highest BCUT2D eigenvalue weighted by atomic mass is 35.5. The maximum absolute atomic E-state index is 13.8. The molecule has 0 spiro atoms. The topological polar surface area (TPSA) is 415 Å². The van der Waals surface area contributed by atoms with Crippen molar-refractivity contribution in [3.63, 3.8) is 0 Å². The largest absolute Gasteiger partial charge is 0.447 e. The third-order valence-electron chi connectivity index (χ3n) is 19.2. The van der Waals surface area contributed by atoms with Crippen LogP contribution in [-0.2, 0) is 52.9 Å². The van der Waals surface area contributed by atoms with Crippen LogP contribution in [0.3, 0.4) is 0 Å². The van der Waals surface area contributed by atoms with Crippen molar-refractivity contribution in [2.75, 3.05) is 116 Å². The summed E-state index contributed by atoms with van der Waals surface area (Å²) in [5.41, 5.74) is 5.47. The number of alkyl carbamates (subject to hydrolysis) is 2. The summed E-state index contributed by atoms with van der Waals surface area (Å²) in [5, 5.41) is 32.8. The molecule has 9 aromatic rings. The van der Waals surface area contributed by atoms with Gasteiger partial charge in [-0.15, -0.1) is 0 Å². The zero-order valence-electron chi connectivity index (χ0n) is 74.8. The molecule has 1 aliphatic rings. The number of nitrogens with two attached hydrogens (primary N) is 1. The number of nitrogens with zero attached hydrogens (tertiary/aromatic N) is 7. The summed E-state index contributed by atoms with van der Waals surface area (Å²) in [6.07, 6.45) is 5.32. The molecule has 12 amide bonds. The molecule has 0 bridgehead atoms. The Kier molecular flexibility index (Phi) is 54.3. The Morgan fingerprint density at radius 3 is 1.16 bits per heavy atom. The summed E-state index contributed by atoms with van der Waals surface area (Å²) < 4.78 is 67.6. The van der Waals surface area contributed by atoms with Crippen molar-refractivity contribution < 1.29 is 84.8 Å². The number of nitrogens with one attached hydrogen (secondary N) is 10. The molecule has 734 valence electrons. The first-order valence-electron chi connectivity index (χ1n) is 41.5. The predicted octanol–water partition coefficient (Wildman–Crippen LogP) is 16.5. The number of carbonyl (C=O) groups is 10. The molecule has 1 aliphatic heterocycles. The van der Waals surface area contributed by atoms with E-state index in [1.54, 1.807) is 94.8 Å². The number of ether oxygens (including phenoxy) is 5. The molecule has 3 aromatic heterocycles. The van der Waals surface area contributed by atoms with Crippen molar-refractivity contribution >= 4 is 186 Å². The van der Waals surface area contributed by atoms with Crippen molar-refractivity contribution in [2.45, 2.75) is 144 Å². The van der Waals surface area contributed by atoms with Crippen molar-refractivity contribution in [3.05, 3.63) is 213 Å². The first-order valence-corrected chi connectivity index (χ1v) is 42.6. The summed E-state index contributed by atoms with van der Waals surface area (Å²) in [7, 11) is 4.71. The number of piperazine rings is 1. The van der Waals surface area contributed by atoms with Crippen molar-refractivity contribution in [1.82, 2.24) is 71.8 Å². The van der Waals surface area contributed by atoms with Gasteiger partial charge in [-0.1, -0.05) is 159 Å². The van der Waals surface area contributed by atoms with E-state index >= 15 is 0 Å². The van der Waals surface area contributed by atoms with Gasteiger partial charge in [-0.3, -0.25) is 20.7 Å². The lowest BCUT2D eigenvalue weighted by Gasteiger charge is -2.30. The number of anilines is 3. The molecule has 3 atom stereocenters. The number of rotatable bonds is 34. The number of pyridine rings is 3. The van der Waals surface area contributed by atoms with Crippen LogP contribution in [0.1, 0.15) is 112 Å². The molecule has 1 fully saturated rings. The predicted molar refractivity (Wildman–Crippen MR) is 534 cm³/mol. The Morgan fingerprint density at radius 2 is 0.821 bits per heavy atom. The molecule has 0 radical (unpaired) electrons. The molecular formula is C92H126Cl3F3N18O15S3. The molecule has 0 unspecified atom stereocenters. The second-order valence-electron chi connectivity index (χ2n) is 31.3. The minimum atomic E-state index is -0.737. The monoisotopic (exact) mass is 1980 g/mol. The number of hydrogen-bond donors (Lipinski definition) is 11. The highest BCUT2D eigenvalue weighted by Gasteiger charge is 2.28. The highest BCUT2D eigenvalue weighted by Crippen LogP contribution is 2.26. The lowest BCUT2D eigenvalue weighted by molar-refractivity contribution is -0.132. The van der Waals surface area contributed by atoms with Crippen molar-refractivity contribution in [1.29, 1.82) is 0 Å². The maximum Gasteiger partial charge on any atom is 0.412 e. The van der Waals surface area contributed by atoms with Crippen LogP contribution in [0.4, 0.5) is 69.0 Å². The number of urea groups is 3. The highest BCUT2D eigenvalue weighted by molar-refractivity contribution is 7.59. The zero-order valence-corrected chi connectivity index (χ0v) is 80.1. The smallest absolute Gasteiger partial charge is 0.412 e. The van der Waals surface area contributed by atoms with Crippen LogP contribution >= 0.6 is 75.3 Å². The van der Waals surface area contributed by atoms with E-state index in [9.17, 15) is 61.1 Å². The van der Waals surface area contributed by atoms with E-state index in [4.69, 9.17) is 64.2 Å². The van der Waals surface area contributed by atoms with Gasteiger partial charge in [-0.05, 0) is 149 Å². The minimum absolute atomic E-state index is 0. The van der Waals surface area contributed by atoms with Crippen LogP contribution in [0.2, 0.25) is 15.1 Å². The first-order chi connectivity index (χ1) is 61.6. The molecule has 33 nitrogen and oxygen atoms in total. The van der Waals surface area contributed by atoms with Crippen molar-refractivity contribution in [2.24, 2.45) is 5.73 Å². The first kappa shape index (κ1) is 119. The number of aldehydes is 1. The summed E-state index contributed by atoms with van der Waals surface area (Å²) in [4.78, 5) is 140. The SMILES string of the molecule is C.C.CC(C)(C)OC(=O)NCCN.CN(C(=O)NCc1cccc(F)c1Cl)[C@@H](CCC=O)COC(=O)Nc1cc2ccccc2cn1.CN(C(=O)NCc1cccc(F)c1Cl)[C@@H](CCCN1CCNCC1=O)COC(=O)Nc1cc2ccccc2cn1.CN(C(=O)NCc1cccc(F)c1Cl)[C@@H](CCCNCCNC(=O)OC(C)(C)C)COC(=O)Nc1cc2ccccc2cn1.S.S.S. The van der Waals surface area contributed by atoms with Gasteiger partial charge in [0.2, 0.25) is 5.91 Å². The molecule has 10 rings (SSSR count). The van der Waals surface area contributed by atoms with E-state index in [-0.39, 0.29) is 129 Å². The standard InChI is InChI=1S/C31H40ClFN6O5.C28H32ClFN6O4.C24H24ClFN4O4.C7H16N2O2.2CH4.3H2S/c1-31(2,3)44-29(41)35-16-15-34-14-8-12-24(39(4)28(40)37-19-23-11-7-13-25(33)27(23)32)20-43-30(42)38-26-17-21-9-5-6-10-22(21)18-36-26;1-35(27(38)33-16-21-8-4-10-23(30)26(21)29)22(9-5-12-36-13-11-31-17-25(36)37)18-40-28(39)34-24-14-19-6-2-3-7-20(19)15-32-24;1-30(23(32)28-14-18-8-4-10-20(26)22(18)25)19(9-5-11-31)15-34-24(33)29-21-12-16-6-2-3-7-17(16)13-27-21;1-7(2,3)11-6(10)9-5-4-8;;;;;/h5-7,9-11,13,17-18,24,34H,8,12,14-16,19-20H2,1-4H3,(H,35,41)(H,37,40)(H,36,38,42);2-4,6-8,10,14-15,22,31H,5,9,11-13,16-18H2,1H3,(H,33,38)(H,32,34,39);2-4,6-8,10-13,19H,5,9,14-15H2,1H3,(H,28,32)(H,27,29,33);4-5,8H2,1-3H3,(H,9,10);2*1H4;3*1H2/t24-;22-;19-;;;;;;/m000....../s1. The summed E-state index contributed by atoms with van der Waals surface area (Å²) in [5.74, 6) is -0.680. The molecule has 4 heterocycles. The average molecular weight is 1980 g/mol. The number of likely N-dealkylation sites (N-methyl/N-ethyl adjacent to an activating group) is 3. The van der Waals surface area contributed by atoms with Crippen LogP contribution < -0.4 is 58.9 Å². The zero-order chi connectivity index (χ0) is 94.0. The summed E-state index contributed by atoms with van der Waals surface area (Å²) in [6.45, 7) is 15.1. The van der Waals surface area contributed by atoms with Gasteiger partial charge in [0.1, 0.15) is 72.2 Å². The lowest BCUT2D eigenvalue weighted by atomic mass is 10.1. The molecule has 12 N–H and O–H groups in total. The Hall–Kier alpha value is -11.6. The number of carbonyl (C=O) groups excluding carboxylic acids is 10. The van der Waals surface area contributed by atoms with E-state index in [1.165, 1.54) is 58.1 Å². The van der Waals surface area contributed by atoms with Crippen LogP contribution in [0, 0.1) is 17.5 Å². The van der Waals surface area contributed by atoms with Gasteiger partial charge < -0.3 is 91.0 Å². The second kappa shape index (κ2) is 61.4. The molecule has 1 saturated heterocycles. The van der Waals surface area contributed by atoms with Gasteiger partial charge in [0.25, 0.3) is 0 Å². The third kappa shape index (κ3) is 42.3. The van der Waals surface area contributed by atoms with Crippen LogP contribution in [0.15, 0.2) is 164 Å². The van der Waals surface area contributed by atoms with E-state index in [0.29, 0.717) is 112 Å². The average Bonchev–Trinajstić information content (AvgIpc) is 0.846. The maximum atomic E-state index is 13.8. The Balaban J connectivity index is 0.000000634. The number of aromatic nitrogens is 3. The Bertz CT molecular complexity index is 5240. The molecule has 42 heteroatoms. The fourth-order valence-electron chi connectivity index (χ4n) is 12.3. The second-order valence-corrected chi connectivity index (χ2v) is 32.4. The molecule has 0 saturated carbocycles. The third-order valence-corrected chi connectivity index (χ3v) is 20.5. The fourth-order valence-corrected chi connectivity index (χ4v) is 12.9. The molecule has 134 heavy (non-hydrogen) atoms. The van der Waals surface area contributed by atoms with Gasteiger partial charge in [-0.2, -0.15) is 40.5 Å². The van der Waals surface area contributed by atoms with E-state index in [1.807, 2.05) is 93.6 Å². The minimum Gasteiger partial charge on any atom is -0.447 e. The van der Waals surface area contributed by atoms with Gasteiger partial charge in [0.15, 0.2) is 0 Å². The van der Waals surface area contributed by atoms with Gasteiger partial charge in [-0.25, -0.2) is 66.5 Å². The quantitative estimate of drug-likeness (QED) is 0.0101. The Morgan fingerprint density at radius 1 is 0.478 bits per heavy atom. The molecule has 6 aromatic carbocycles. The summed E-state index contributed by atoms with van der Waals surface area (Å²) >= 11 is 18.0. The number of halogens is 6. The van der Waals surface area contributed by atoms with Crippen molar-refractivity contribution in [3.8, 4) is 0 Å². The van der Waals surface area contributed by atoms with Crippen LogP contribution in [-0.4, -0.2) is 224 Å². The van der Waals surface area contributed by atoms with Crippen LogP contribution in [0.5, 0.6) is 0 Å². The Labute approximate surface area is 816 Å². The number of hydrogen-bond acceptors (Lipinski definition) is 21. The number of benzene rings is 6. The van der Waals surface area contributed by atoms with E-state index in [2.05, 4.69) is 68.1 Å². The lowest BCUT2D eigenvalue weighted by Crippen LogP contribution is -2.49. The van der Waals surface area contributed by atoms with E-state index in [0.717, 1.165) is 45.1 Å². The summed E-state index contributed by atoms with van der Waals surface area (Å²) in [6, 6.07) is 38.3. The van der Waals surface area contributed by atoms with E-state index < -0.39 is 95.3 Å². The molecular weight excluding hydrogens is 1860 g/mol. The normalized spacial score (nSPS) is 11.9. The number of amides is 12. The fraction of sp³-hybridized carbons (Fsp3) is 0.402. The van der Waals surface area contributed by atoms with Gasteiger partial charge in [0, 0.05) is 128 Å². The van der Waals surface area contributed by atoms with Gasteiger partial charge in [0.05, 0.1) is 39.7 Å². The molecule has 0 aliphatic carbocycles.